The lowest BCUT2D eigenvalue weighted by Crippen LogP contribution is -2.01. The maximum atomic E-state index is 11.1. The van der Waals surface area contributed by atoms with Crippen LogP contribution in [0.3, 0.4) is 0 Å². The van der Waals surface area contributed by atoms with E-state index in [1.165, 1.54) is 5.56 Å². The average molecular weight is 248 g/mol. The average Bonchev–Trinajstić information content (AvgIpc) is 2.42. The van der Waals surface area contributed by atoms with Crippen molar-refractivity contribution in [2.24, 2.45) is 0 Å². The Morgan fingerprint density at radius 2 is 1.83 bits per heavy atom. The second kappa shape index (κ2) is 9.84. The predicted octanol–water partition coefficient (Wildman–Crippen LogP) is 3.79. The molecular formula is C16H24O2. The lowest BCUT2D eigenvalue weighted by molar-refractivity contribution is -0.118. The summed E-state index contributed by atoms with van der Waals surface area (Å²) in [5.74, 6) is 0.375. The Morgan fingerprint density at radius 1 is 1.06 bits per heavy atom. The van der Waals surface area contributed by atoms with Gasteiger partial charge in [-0.3, -0.25) is 4.79 Å². The van der Waals surface area contributed by atoms with Crippen LogP contribution in [0.15, 0.2) is 30.3 Å². The van der Waals surface area contributed by atoms with Gasteiger partial charge < -0.3 is 4.74 Å². The molecule has 1 aromatic carbocycles. The van der Waals surface area contributed by atoms with Crippen molar-refractivity contribution < 1.29 is 9.53 Å². The van der Waals surface area contributed by atoms with Gasteiger partial charge in [0.1, 0.15) is 5.78 Å². The third-order valence-corrected chi connectivity index (χ3v) is 3.02. The Morgan fingerprint density at radius 3 is 2.56 bits per heavy atom. The highest BCUT2D eigenvalue weighted by Gasteiger charge is 1.97. The number of benzene rings is 1. The molecule has 0 unspecified atom stereocenters. The number of ketones is 1. The van der Waals surface area contributed by atoms with Gasteiger partial charge in [-0.15, -0.1) is 0 Å². The quantitative estimate of drug-likeness (QED) is 0.589. The van der Waals surface area contributed by atoms with Crippen molar-refractivity contribution in [2.45, 2.75) is 45.4 Å². The van der Waals surface area contributed by atoms with Crippen molar-refractivity contribution in [1.82, 2.24) is 0 Å². The lowest BCUT2D eigenvalue weighted by atomic mass is 10.1. The highest BCUT2D eigenvalue weighted by atomic mass is 16.5. The van der Waals surface area contributed by atoms with Gasteiger partial charge in [0.15, 0.2) is 0 Å². The van der Waals surface area contributed by atoms with Crippen LogP contribution in [0.25, 0.3) is 0 Å². The molecule has 0 aliphatic rings. The van der Waals surface area contributed by atoms with Crippen LogP contribution in [0.2, 0.25) is 0 Å². The summed E-state index contributed by atoms with van der Waals surface area (Å²) in [7, 11) is 0. The third kappa shape index (κ3) is 7.23. The van der Waals surface area contributed by atoms with Gasteiger partial charge >= 0.3 is 0 Å². The first-order valence-electron chi connectivity index (χ1n) is 6.96. The molecule has 0 N–H and O–H groups in total. The van der Waals surface area contributed by atoms with E-state index in [-0.39, 0.29) is 0 Å². The van der Waals surface area contributed by atoms with Crippen LogP contribution in [-0.2, 0) is 16.0 Å². The summed E-state index contributed by atoms with van der Waals surface area (Å²) < 4.78 is 5.59. The lowest BCUT2D eigenvalue weighted by Gasteiger charge is -2.04. The number of hydrogen-bond acceptors (Lipinski definition) is 2. The Hall–Kier alpha value is -1.15. The van der Waals surface area contributed by atoms with E-state index in [1.807, 2.05) is 13.0 Å². The van der Waals surface area contributed by atoms with Gasteiger partial charge in [0, 0.05) is 19.4 Å². The molecule has 0 aliphatic carbocycles. The van der Waals surface area contributed by atoms with Gasteiger partial charge in [0.05, 0.1) is 6.61 Å². The zero-order valence-electron chi connectivity index (χ0n) is 11.4. The van der Waals surface area contributed by atoms with Gasteiger partial charge in [-0.25, -0.2) is 0 Å². The minimum atomic E-state index is 0.375. The summed E-state index contributed by atoms with van der Waals surface area (Å²) in [4.78, 5) is 11.1. The number of Topliss-reactive ketones (excluding diaryl/α,β-unsaturated/α-hetero) is 1. The molecule has 0 amide bonds. The van der Waals surface area contributed by atoms with Crippen LogP contribution in [0.5, 0.6) is 0 Å². The van der Waals surface area contributed by atoms with Crippen LogP contribution in [0.1, 0.15) is 44.6 Å². The van der Waals surface area contributed by atoms with Crippen molar-refractivity contribution in [3.8, 4) is 0 Å². The topological polar surface area (TPSA) is 26.3 Å². The first-order valence-corrected chi connectivity index (χ1v) is 6.96. The van der Waals surface area contributed by atoms with Crippen molar-refractivity contribution >= 4 is 5.78 Å². The smallest absolute Gasteiger partial charge is 0.132 e. The number of hydrogen-bond donors (Lipinski definition) is 0. The maximum absolute atomic E-state index is 11.1. The molecule has 0 bridgehead atoms. The molecule has 18 heavy (non-hydrogen) atoms. The molecule has 0 heterocycles. The first-order chi connectivity index (χ1) is 8.83. The van der Waals surface area contributed by atoms with Gasteiger partial charge in [-0.2, -0.15) is 0 Å². The summed E-state index contributed by atoms with van der Waals surface area (Å²) in [5, 5.41) is 0. The molecule has 0 aliphatic heterocycles. The van der Waals surface area contributed by atoms with E-state index in [0.29, 0.717) is 12.2 Å². The summed E-state index contributed by atoms with van der Waals surface area (Å²) in [6.07, 6.45) is 5.56. The number of carbonyl (C=O) groups is 1. The minimum Gasteiger partial charge on any atom is -0.381 e. The summed E-state index contributed by atoms with van der Waals surface area (Å²) in [6.45, 7) is 3.53. The Balaban J connectivity index is 1.89. The second-order valence-corrected chi connectivity index (χ2v) is 4.55. The van der Waals surface area contributed by atoms with E-state index in [9.17, 15) is 4.79 Å². The zero-order valence-corrected chi connectivity index (χ0v) is 11.4. The predicted molar refractivity (Wildman–Crippen MR) is 74.7 cm³/mol. The molecule has 0 radical (unpaired) electrons. The first kappa shape index (κ1) is 14.9. The minimum absolute atomic E-state index is 0.375. The fourth-order valence-electron chi connectivity index (χ4n) is 1.82. The van der Waals surface area contributed by atoms with Crippen LogP contribution in [0, 0.1) is 0 Å². The largest absolute Gasteiger partial charge is 0.381 e. The van der Waals surface area contributed by atoms with E-state index in [4.69, 9.17) is 4.74 Å². The van der Waals surface area contributed by atoms with Crippen LogP contribution >= 0.6 is 0 Å². The van der Waals surface area contributed by atoms with Crippen LogP contribution in [-0.4, -0.2) is 19.0 Å². The fourth-order valence-corrected chi connectivity index (χ4v) is 1.82. The standard InChI is InChI=1S/C16H24O2/c1-2-16(17)11-7-4-8-13-18-14-12-15-9-5-3-6-10-15/h3,5-6,9-10H,2,4,7-8,11-14H2,1H3. The maximum Gasteiger partial charge on any atom is 0.132 e. The highest BCUT2D eigenvalue weighted by Crippen LogP contribution is 2.03. The molecule has 0 atom stereocenters. The molecule has 2 heteroatoms. The van der Waals surface area contributed by atoms with Gasteiger partial charge in [-0.05, 0) is 24.8 Å². The van der Waals surface area contributed by atoms with Crippen LogP contribution < -0.4 is 0 Å². The Labute approximate surface area is 110 Å². The fraction of sp³-hybridized carbons (Fsp3) is 0.562. The van der Waals surface area contributed by atoms with Crippen molar-refractivity contribution in [3.05, 3.63) is 35.9 Å². The second-order valence-electron chi connectivity index (χ2n) is 4.55. The SMILES string of the molecule is CCC(=O)CCCCCOCCc1ccccc1. The Bertz CT molecular complexity index is 319. The van der Waals surface area contributed by atoms with E-state index in [1.54, 1.807) is 0 Å². The molecule has 0 aromatic heterocycles. The molecule has 1 aromatic rings. The summed E-state index contributed by atoms with van der Waals surface area (Å²) in [6, 6.07) is 10.4. The monoisotopic (exact) mass is 248 g/mol. The van der Waals surface area contributed by atoms with Crippen molar-refractivity contribution in [2.75, 3.05) is 13.2 Å². The summed E-state index contributed by atoms with van der Waals surface area (Å²) >= 11 is 0. The Kier molecular flexibility index (Phi) is 8.15. The highest BCUT2D eigenvalue weighted by molar-refractivity contribution is 5.77. The van der Waals surface area contributed by atoms with E-state index >= 15 is 0 Å². The molecule has 0 saturated heterocycles. The number of unbranched alkanes of at least 4 members (excludes halogenated alkanes) is 2. The molecular weight excluding hydrogens is 224 g/mol. The normalized spacial score (nSPS) is 10.5. The number of ether oxygens (including phenoxy) is 1. The third-order valence-electron chi connectivity index (χ3n) is 3.02. The van der Waals surface area contributed by atoms with E-state index in [2.05, 4.69) is 24.3 Å². The number of carbonyl (C=O) groups excluding carboxylic acids is 1. The molecule has 1 rings (SSSR count). The van der Waals surface area contributed by atoms with E-state index < -0.39 is 0 Å². The molecule has 0 saturated carbocycles. The van der Waals surface area contributed by atoms with Crippen molar-refractivity contribution in [1.29, 1.82) is 0 Å². The van der Waals surface area contributed by atoms with Gasteiger partial charge in [-0.1, -0.05) is 43.7 Å². The summed E-state index contributed by atoms with van der Waals surface area (Å²) in [5.41, 5.74) is 1.33. The number of rotatable bonds is 10. The van der Waals surface area contributed by atoms with Crippen molar-refractivity contribution in [3.63, 3.8) is 0 Å². The molecule has 2 nitrogen and oxygen atoms in total. The van der Waals surface area contributed by atoms with Gasteiger partial charge in [0.2, 0.25) is 0 Å². The van der Waals surface area contributed by atoms with Gasteiger partial charge in [0.25, 0.3) is 0 Å². The van der Waals surface area contributed by atoms with Crippen LogP contribution in [0.4, 0.5) is 0 Å². The zero-order chi connectivity index (χ0) is 13.1. The molecule has 0 spiro atoms. The van der Waals surface area contributed by atoms with E-state index in [0.717, 1.165) is 45.3 Å². The molecule has 0 fully saturated rings. The molecule has 100 valence electrons.